The van der Waals surface area contributed by atoms with E-state index in [0.717, 1.165) is 0 Å². The molecule has 1 amide bonds. The summed E-state index contributed by atoms with van der Waals surface area (Å²) in [7, 11) is -3.13. The quantitative estimate of drug-likeness (QED) is 0.518. The monoisotopic (exact) mass is 450 g/mol. The third kappa shape index (κ3) is 6.58. The minimum atomic E-state index is -3.13. The summed E-state index contributed by atoms with van der Waals surface area (Å²) in [5.74, 6) is -0.182. The molecule has 168 valence electrons. The Labute approximate surface area is 180 Å². The van der Waals surface area contributed by atoms with Crippen molar-refractivity contribution in [1.29, 1.82) is 0 Å². The zero-order chi connectivity index (χ0) is 22.4. The first kappa shape index (κ1) is 22.9. The Bertz CT molecular complexity index is 1010. The van der Waals surface area contributed by atoms with Crippen LogP contribution in [0.25, 0.3) is 11.5 Å². The third-order valence-electron chi connectivity index (χ3n) is 4.79. The lowest BCUT2D eigenvalue weighted by Crippen LogP contribution is -2.45. The maximum Gasteiger partial charge on any atom is 0.306 e. The molecule has 3 rings (SSSR count). The Morgan fingerprint density at radius 2 is 2.13 bits per heavy atom. The number of hydrogen-bond acceptors (Lipinski definition) is 9. The van der Waals surface area contributed by atoms with Crippen LogP contribution in [0.1, 0.15) is 32.6 Å². The number of carbonyl (C=O) groups is 2. The molecule has 0 aromatic carbocycles. The van der Waals surface area contributed by atoms with Crippen molar-refractivity contribution >= 4 is 21.7 Å². The van der Waals surface area contributed by atoms with Gasteiger partial charge in [0.1, 0.15) is 5.69 Å². The Hall–Kier alpha value is -2.82. The molecular weight excluding hydrogens is 424 g/mol. The number of amides is 1. The molecule has 1 aliphatic rings. The number of aromatic nitrogens is 3. The molecule has 2 aromatic heterocycles. The molecule has 1 unspecified atom stereocenters. The molecule has 1 atom stereocenters. The van der Waals surface area contributed by atoms with Crippen molar-refractivity contribution in [1.82, 2.24) is 20.0 Å². The van der Waals surface area contributed by atoms with Gasteiger partial charge in [-0.1, -0.05) is 25.1 Å². The van der Waals surface area contributed by atoms with Gasteiger partial charge in [-0.3, -0.25) is 14.6 Å². The summed E-state index contributed by atoms with van der Waals surface area (Å²) in [5, 5.41) is 3.83. The number of sulfone groups is 1. The van der Waals surface area contributed by atoms with E-state index in [1.54, 1.807) is 24.4 Å². The molecule has 1 saturated heterocycles. The molecule has 11 heteroatoms. The largest absolute Gasteiger partial charge is 0.456 e. The van der Waals surface area contributed by atoms with Gasteiger partial charge in [-0.05, 0) is 24.5 Å². The van der Waals surface area contributed by atoms with Crippen molar-refractivity contribution in [3.05, 3.63) is 30.3 Å². The molecule has 0 saturated carbocycles. The van der Waals surface area contributed by atoms with E-state index in [0.29, 0.717) is 24.5 Å². The molecule has 0 aliphatic carbocycles. The summed E-state index contributed by atoms with van der Waals surface area (Å²) in [5.41, 5.74) is 0.560. The maximum atomic E-state index is 12.6. The van der Waals surface area contributed by atoms with E-state index in [9.17, 15) is 18.0 Å². The summed E-state index contributed by atoms with van der Waals surface area (Å²) in [4.78, 5) is 34.5. The highest BCUT2D eigenvalue weighted by Crippen LogP contribution is 2.19. The second-order valence-electron chi connectivity index (χ2n) is 7.88. The van der Waals surface area contributed by atoms with Crippen LogP contribution < -0.4 is 0 Å². The summed E-state index contributed by atoms with van der Waals surface area (Å²) in [6, 6.07) is 4.95. The number of nitrogens with zero attached hydrogens (tertiary/aromatic N) is 4. The fourth-order valence-electron chi connectivity index (χ4n) is 3.33. The maximum absolute atomic E-state index is 12.6. The van der Waals surface area contributed by atoms with Crippen LogP contribution in [0, 0.1) is 5.92 Å². The number of aryl methyl sites for hydroxylation is 1. The predicted molar refractivity (Wildman–Crippen MR) is 110 cm³/mol. The zero-order valence-corrected chi connectivity index (χ0v) is 18.4. The van der Waals surface area contributed by atoms with E-state index in [1.807, 2.05) is 13.8 Å². The number of esters is 1. The van der Waals surface area contributed by atoms with Crippen LogP contribution in [-0.2, 0) is 30.6 Å². The van der Waals surface area contributed by atoms with E-state index < -0.39 is 22.4 Å². The van der Waals surface area contributed by atoms with E-state index in [4.69, 9.17) is 9.26 Å². The van der Waals surface area contributed by atoms with Crippen molar-refractivity contribution in [3.8, 4) is 11.5 Å². The van der Waals surface area contributed by atoms with Crippen LogP contribution >= 0.6 is 0 Å². The first-order valence-corrected chi connectivity index (χ1v) is 11.9. The standard InChI is InChI=1S/C20H26N4O6S/c1-14(2)11-24(15-8-10-31(27,28)13-15)18(25)12-29-19(26)7-6-17-22-20(23-30-17)16-5-3-4-9-21-16/h3-5,9,14-15H,6-8,10-13H2,1-2H3. The van der Waals surface area contributed by atoms with Gasteiger partial charge in [-0.15, -0.1) is 0 Å². The second-order valence-corrected chi connectivity index (χ2v) is 10.1. The van der Waals surface area contributed by atoms with E-state index >= 15 is 0 Å². The number of pyridine rings is 1. The van der Waals surface area contributed by atoms with Crippen molar-refractivity contribution in [3.63, 3.8) is 0 Å². The number of ether oxygens (including phenoxy) is 1. The van der Waals surface area contributed by atoms with Crippen molar-refractivity contribution in [2.75, 3.05) is 24.7 Å². The fourth-order valence-corrected chi connectivity index (χ4v) is 5.06. The van der Waals surface area contributed by atoms with Gasteiger partial charge < -0.3 is 14.2 Å². The Morgan fingerprint density at radius 3 is 2.77 bits per heavy atom. The SMILES string of the molecule is CC(C)CN(C(=O)COC(=O)CCc1nc(-c2ccccn2)no1)C1CCS(=O)(=O)C1. The third-order valence-corrected chi connectivity index (χ3v) is 6.54. The Kier molecular flexibility index (Phi) is 7.37. The zero-order valence-electron chi connectivity index (χ0n) is 17.6. The van der Waals surface area contributed by atoms with Crippen LogP contribution in [0.3, 0.4) is 0 Å². The smallest absolute Gasteiger partial charge is 0.306 e. The highest BCUT2D eigenvalue weighted by atomic mass is 32.2. The van der Waals surface area contributed by atoms with Crippen LogP contribution in [0.2, 0.25) is 0 Å². The topological polar surface area (TPSA) is 133 Å². The summed E-state index contributed by atoms with van der Waals surface area (Å²) in [6.07, 6.45) is 2.16. The van der Waals surface area contributed by atoms with Crippen LogP contribution in [-0.4, -0.2) is 71.0 Å². The van der Waals surface area contributed by atoms with Crippen molar-refractivity contribution in [2.24, 2.45) is 5.92 Å². The summed E-state index contributed by atoms with van der Waals surface area (Å²) < 4.78 is 33.8. The molecule has 1 aliphatic heterocycles. The Balaban J connectivity index is 1.49. The molecule has 0 N–H and O–H groups in total. The highest BCUT2D eigenvalue weighted by molar-refractivity contribution is 7.91. The molecule has 0 bridgehead atoms. The summed E-state index contributed by atoms with van der Waals surface area (Å²) in [6.45, 7) is 3.87. The average molecular weight is 451 g/mol. The highest BCUT2D eigenvalue weighted by Gasteiger charge is 2.35. The van der Waals surface area contributed by atoms with Crippen molar-refractivity contribution < 1.29 is 27.3 Å². The fraction of sp³-hybridized carbons (Fsp3) is 0.550. The number of carbonyl (C=O) groups excluding carboxylic acids is 2. The van der Waals surface area contributed by atoms with Crippen molar-refractivity contribution in [2.45, 2.75) is 39.2 Å². The van der Waals surface area contributed by atoms with Gasteiger partial charge in [0.25, 0.3) is 5.91 Å². The van der Waals surface area contributed by atoms with Gasteiger partial charge in [0.15, 0.2) is 16.4 Å². The van der Waals surface area contributed by atoms with Gasteiger partial charge in [-0.25, -0.2) is 8.42 Å². The Morgan fingerprint density at radius 1 is 1.32 bits per heavy atom. The number of hydrogen-bond donors (Lipinski definition) is 0. The van der Waals surface area contributed by atoms with E-state index in [1.165, 1.54) is 4.90 Å². The minimum Gasteiger partial charge on any atom is -0.456 e. The normalized spacial score (nSPS) is 17.6. The molecule has 10 nitrogen and oxygen atoms in total. The van der Waals surface area contributed by atoms with Gasteiger partial charge in [0.05, 0.1) is 17.9 Å². The molecule has 31 heavy (non-hydrogen) atoms. The van der Waals surface area contributed by atoms with Crippen LogP contribution in [0.15, 0.2) is 28.9 Å². The van der Waals surface area contributed by atoms with Gasteiger partial charge >= 0.3 is 5.97 Å². The van der Waals surface area contributed by atoms with Crippen LogP contribution in [0.5, 0.6) is 0 Å². The molecule has 0 radical (unpaired) electrons. The van der Waals surface area contributed by atoms with E-state index in [2.05, 4.69) is 15.1 Å². The molecule has 0 spiro atoms. The first-order valence-electron chi connectivity index (χ1n) is 10.1. The van der Waals surface area contributed by atoms with Crippen LogP contribution in [0.4, 0.5) is 0 Å². The molecule has 1 fully saturated rings. The lowest BCUT2D eigenvalue weighted by atomic mass is 10.1. The molecule has 2 aromatic rings. The predicted octanol–water partition coefficient (Wildman–Crippen LogP) is 1.28. The number of rotatable bonds is 9. The van der Waals surface area contributed by atoms with Gasteiger partial charge in [-0.2, -0.15) is 4.98 Å². The molecular formula is C20H26N4O6S. The average Bonchev–Trinajstić information content (AvgIpc) is 3.35. The summed E-state index contributed by atoms with van der Waals surface area (Å²) >= 11 is 0. The lowest BCUT2D eigenvalue weighted by Gasteiger charge is -2.29. The van der Waals surface area contributed by atoms with Gasteiger partial charge in [0, 0.05) is 25.2 Å². The van der Waals surface area contributed by atoms with Gasteiger partial charge in [0.2, 0.25) is 11.7 Å². The minimum absolute atomic E-state index is 0.0287. The lowest BCUT2D eigenvalue weighted by molar-refractivity contribution is -0.153. The van der Waals surface area contributed by atoms with E-state index in [-0.39, 0.29) is 48.1 Å². The molecule has 3 heterocycles. The first-order chi connectivity index (χ1) is 14.7. The second kappa shape index (κ2) is 9.99.